The lowest BCUT2D eigenvalue weighted by molar-refractivity contribution is -0.137. The van der Waals surface area contributed by atoms with E-state index in [9.17, 15) is 18.0 Å². The number of nitrogens with zero attached hydrogens (tertiary/aromatic N) is 2. The average molecular weight is 395 g/mol. The summed E-state index contributed by atoms with van der Waals surface area (Å²) in [5.74, 6) is -0.605. The Morgan fingerprint density at radius 3 is 2.52 bits per heavy atom. The molecule has 2 heterocycles. The normalized spacial score (nSPS) is 11.6. The number of carbonyl (C=O) groups is 1. The first kappa shape index (κ1) is 18.7. The number of fused-ring (bicyclic) bond motifs is 1. The maximum absolute atomic E-state index is 12.8. The third-order valence-electron chi connectivity index (χ3n) is 4.51. The van der Waals surface area contributed by atoms with Crippen LogP contribution in [0.3, 0.4) is 0 Å². The second kappa shape index (κ2) is 7.09. The van der Waals surface area contributed by atoms with Gasteiger partial charge in [0.05, 0.1) is 11.3 Å². The van der Waals surface area contributed by atoms with E-state index in [1.54, 1.807) is 24.3 Å². The number of hydrogen-bond donors (Lipinski definition) is 1. The first-order chi connectivity index (χ1) is 13.8. The highest BCUT2D eigenvalue weighted by Crippen LogP contribution is 2.29. The van der Waals surface area contributed by atoms with Gasteiger partial charge in [-0.2, -0.15) is 13.2 Å². The third kappa shape index (κ3) is 3.99. The van der Waals surface area contributed by atoms with Gasteiger partial charge in [-0.15, -0.1) is 0 Å². The zero-order valence-corrected chi connectivity index (χ0v) is 15.4. The van der Waals surface area contributed by atoms with Crippen LogP contribution in [-0.2, 0) is 6.18 Å². The van der Waals surface area contributed by atoms with Gasteiger partial charge in [0.1, 0.15) is 5.65 Å². The number of alkyl halides is 3. The molecule has 4 nitrogen and oxygen atoms in total. The van der Waals surface area contributed by atoms with Crippen LogP contribution in [0.15, 0.2) is 73.1 Å². The first-order valence-electron chi connectivity index (χ1n) is 8.84. The zero-order chi connectivity index (χ0) is 20.6. The number of anilines is 1. The molecular weight excluding hydrogens is 379 g/mol. The minimum atomic E-state index is -4.50. The van der Waals surface area contributed by atoms with Crippen molar-refractivity contribution in [2.45, 2.75) is 13.1 Å². The molecule has 146 valence electrons. The summed E-state index contributed by atoms with van der Waals surface area (Å²) in [5, 5.41) is 2.62. The Kier molecular flexibility index (Phi) is 4.58. The van der Waals surface area contributed by atoms with Crippen molar-refractivity contribution in [3.05, 3.63) is 89.7 Å². The Morgan fingerprint density at radius 2 is 1.79 bits per heavy atom. The van der Waals surface area contributed by atoms with Crippen LogP contribution in [-0.4, -0.2) is 15.3 Å². The van der Waals surface area contributed by atoms with E-state index in [0.717, 1.165) is 34.6 Å². The molecular formula is C22H16F3N3O. The molecule has 1 amide bonds. The number of carbonyl (C=O) groups excluding carboxylic acids is 1. The molecule has 0 aliphatic heterocycles. The van der Waals surface area contributed by atoms with Crippen LogP contribution in [0.25, 0.3) is 16.9 Å². The number of halogens is 3. The van der Waals surface area contributed by atoms with Crippen LogP contribution in [0.4, 0.5) is 18.9 Å². The fourth-order valence-electron chi connectivity index (χ4n) is 2.99. The highest BCUT2D eigenvalue weighted by atomic mass is 19.4. The molecule has 0 fully saturated rings. The van der Waals surface area contributed by atoms with Gasteiger partial charge >= 0.3 is 6.18 Å². The Bertz CT molecular complexity index is 1190. The molecule has 29 heavy (non-hydrogen) atoms. The molecule has 0 bridgehead atoms. The molecule has 0 aliphatic carbocycles. The number of rotatable bonds is 3. The fraction of sp³-hybridized carbons (Fsp3) is 0.0909. The summed E-state index contributed by atoms with van der Waals surface area (Å²) in [7, 11) is 0. The van der Waals surface area contributed by atoms with Crippen molar-refractivity contribution in [1.29, 1.82) is 0 Å². The summed E-state index contributed by atoms with van der Waals surface area (Å²) >= 11 is 0. The number of pyridine rings is 1. The van der Waals surface area contributed by atoms with Crippen molar-refractivity contribution in [1.82, 2.24) is 9.38 Å². The molecule has 2 aromatic carbocycles. The predicted molar refractivity (Wildman–Crippen MR) is 105 cm³/mol. The smallest absolute Gasteiger partial charge is 0.322 e. The summed E-state index contributed by atoms with van der Waals surface area (Å²) in [4.78, 5) is 16.9. The van der Waals surface area contributed by atoms with Gasteiger partial charge in [-0.3, -0.25) is 4.79 Å². The Balaban J connectivity index is 1.52. The van der Waals surface area contributed by atoms with Gasteiger partial charge in [-0.25, -0.2) is 4.98 Å². The molecule has 0 aliphatic rings. The van der Waals surface area contributed by atoms with Crippen molar-refractivity contribution >= 4 is 17.2 Å². The molecule has 0 spiro atoms. The standard InChI is InChI=1S/C22H16F3N3O/c1-14-9-10-28-13-19(27-20(28)11-14)15-5-7-18(8-6-15)26-21(29)16-3-2-4-17(12-16)22(23,24)25/h2-13H,1H3,(H,26,29). The van der Waals surface area contributed by atoms with E-state index in [1.807, 2.05) is 35.9 Å². The number of hydrogen-bond acceptors (Lipinski definition) is 2. The highest BCUT2D eigenvalue weighted by molar-refractivity contribution is 6.04. The number of benzene rings is 2. The molecule has 0 saturated heterocycles. The van der Waals surface area contributed by atoms with Gasteiger partial charge in [0, 0.05) is 29.2 Å². The van der Waals surface area contributed by atoms with Crippen LogP contribution in [0.1, 0.15) is 21.5 Å². The van der Waals surface area contributed by atoms with E-state index in [4.69, 9.17) is 0 Å². The average Bonchev–Trinajstić information content (AvgIpc) is 3.11. The monoisotopic (exact) mass is 395 g/mol. The van der Waals surface area contributed by atoms with E-state index < -0.39 is 17.6 Å². The summed E-state index contributed by atoms with van der Waals surface area (Å²) in [6.07, 6.45) is -0.652. The Labute approximate surface area is 164 Å². The van der Waals surface area contributed by atoms with Crippen LogP contribution >= 0.6 is 0 Å². The quantitative estimate of drug-likeness (QED) is 0.492. The topological polar surface area (TPSA) is 46.4 Å². The van der Waals surface area contributed by atoms with Crippen LogP contribution < -0.4 is 5.32 Å². The minimum absolute atomic E-state index is 0.0559. The van der Waals surface area contributed by atoms with Crippen LogP contribution in [0.5, 0.6) is 0 Å². The maximum Gasteiger partial charge on any atom is 0.416 e. The summed E-state index contributed by atoms with van der Waals surface area (Å²) in [5.41, 5.74) is 3.16. The van der Waals surface area contributed by atoms with Crippen molar-refractivity contribution in [3.63, 3.8) is 0 Å². The molecule has 1 N–H and O–H groups in total. The first-order valence-corrected chi connectivity index (χ1v) is 8.84. The van der Waals surface area contributed by atoms with Crippen molar-refractivity contribution in [3.8, 4) is 11.3 Å². The zero-order valence-electron chi connectivity index (χ0n) is 15.4. The van der Waals surface area contributed by atoms with Gasteiger partial charge in [0.15, 0.2) is 0 Å². The SMILES string of the molecule is Cc1ccn2cc(-c3ccc(NC(=O)c4cccc(C(F)(F)F)c4)cc3)nc2c1. The molecule has 4 aromatic rings. The van der Waals surface area contributed by atoms with Gasteiger partial charge in [-0.1, -0.05) is 18.2 Å². The maximum atomic E-state index is 12.8. The van der Waals surface area contributed by atoms with Gasteiger partial charge in [0.25, 0.3) is 5.91 Å². The summed E-state index contributed by atoms with van der Waals surface area (Å²) < 4.78 is 40.4. The lowest BCUT2D eigenvalue weighted by Crippen LogP contribution is -2.13. The number of amides is 1. The molecule has 0 radical (unpaired) electrons. The van der Waals surface area contributed by atoms with Gasteiger partial charge in [0.2, 0.25) is 0 Å². The second-order valence-electron chi connectivity index (χ2n) is 6.71. The van der Waals surface area contributed by atoms with Gasteiger partial charge in [-0.05, 0) is 55.0 Å². The van der Waals surface area contributed by atoms with Gasteiger partial charge < -0.3 is 9.72 Å². The molecule has 0 unspecified atom stereocenters. The highest BCUT2D eigenvalue weighted by Gasteiger charge is 2.30. The molecule has 0 saturated carbocycles. The van der Waals surface area contributed by atoms with E-state index in [-0.39, 0.29) is 5.56 Å². The van der Waals surface area contributed by atoms with Crippen LogP contribution in [0, 0.1) is 6.92 Å². The number of imidazole rings is 1. The fourth-order valence-corrected chi connectivity index (χ4v) is 2.99. The van der Waals surface area contributed by atoms with Crippen molar-refractivity contribution in [2.75, 3.05) is 5.32 Å². The second-order valence-corrected chi connectivity index (χ2v) is 6.71. The molecule has 4 rings (SSSR count). The molecule has 7 heteroatoms. The molecule has 2 aromatic heterocycles. The summed E-state index contributed by atoms with van der Waals surface area (Å²) in [6.45, 7) is 2.00. The van der Waals surface area contributed by atoms with E-state index in [2.05, 4.69) is 10.3 Å². The lowest BCUT2D eigenvalue weighted by atomic mass is 10.1. The van der Waals surface area contributed by atoms with Crippen molar-refractivity contribution < 1.29 is 18.0 Å². The Hall–Kier alpha value is -3.61. The Morgan fingerprint density at radius 1 is 1.03 bits per heavy atom. The van der Waals surface area contributed by atoms with E-state index >= 15 is 0 Å². The number of aromatic nitrogens is 2. The van der Waals surface area contributed by atoms with E-state index in [1.165, 1.54) is 12.1 Å². The van der Waals surface area contributed by atoms with Crippen molar-refractivity contribution in [2.24, 2.45) is 0 Å². The largest absolute Gasteiger partial charge is 0.416 e. The predicted octanol–water partition coefficient (Wildman–Crippen LogP) is 5.58. The number of nitrogens with one attached hydrogen (secondary N) is 1. The van der Waals surface area contributed by atoms with Crippen LogP contribution in [0.2, 0.25) is 0 Å². The lowest BCUT2D eigenvalue weighted by Gasteiger charge is -2.09. The third-order valence-corrected chi connectivity index (χ3v) is 4.51. The molecule has 0 atom stereocenters. The minimum Gasteiger partial charge on any atom is -0.322 e. The summed E-state index contributed by atoms with van der Waals surface area (Å²) in [6, 6.07) is 15.3. The van der Waals surface area contributed by atoms with E-state index in [0.29, 0.717) is 5.69 Å². The number of aryl methyl sites for hydroxylation is 1.